The zero-order valence-corrected chi connectivity index (χ0v) is 19.9. The molecule has 1 unspecified atom stereocenters. The predicted molar refractivity (Wildman–Crippen MR) is 133 cm³/mol. The molecule has 1 atom stereocenters. The number of carbonyl (C=O) groups excluding carboxylic acids is 2. The summed E-state index contributed by atoms with van der Waals surface area (Å²) in [6, 6.07) is 4.35. The van der Waals surface area contributed by atoms with Crippen LogP contribution >= 0.6 is 0 Å². The van der Waals surface area contributed by atoms with Crippen molar-refractivity contribution >= 4 is 24.3 Å². The normalized spacial score (nSPS) is 19.9. The highest BCUT2D eigenvalue weighted by Gasteiger charge is 2.30. The minimum atomic E-state index is -0.561. The first-order valence-electron chi connectivity index (χ1n) is 12.1. The van der Waals surface area contributed by atoms with Crippen molar-refractivity contribution in [2.75, 3.05) is 18.4 Å². The van der Waals surface area contributed by atoms with E-state index in [9.17, 15) is 9.59 Å². The van der Waals surface area contributed by atoms with Gasteiger partial charge in [0.2, 0.25) is 11.8 Å². The maximum Gasteiger partial charge on any atom is 0.234 e. The Morgan fingerprint density at radius 1 is 1.18 bits per heavy atom. The summed E-state index contributed by atoms with van der Waals surface area (Å²) >= 11 is 0. The molecule has 1 saturated carbocycles. The van der Waals surface area contributed by atoms with Crippen molar-refractivity contribution < 1.29 is 9.59 Å². The number of nitrogens with one attached hydrogen (secondary N) is 2. The highest BCUT2D eigenvalue weighted by atomic mass is 16.2. The lowest BCUT2D eigenvalue weighted by molar-refractivity contribution is -0.126. The van der Waals surface area contributed by atoms with Gasteiger partial charge in [0.15, 0.2) is 0 Å². The molecular formula is C26H37N5O2. The Bertz CT molecular complexity index is 863. The molecule has 1 saturated heterocycles. The fraction of sp³-hybridized carbons (Fsp3) is 0.538. The Hall–Kier alpha value is -2.80. The summed E-state index contributed by atoms with van der Waals surface area (Å²) in [7, 11) is 0. The van der Waals surface area contributed by atoms with Crippen LogP contribution in [0.2, 0.25) is 0 Å². The van der Waals surface area contributed by atoms with E-state index in [1.165, 1.54) is 38.3 Å². The molecule has 2 N–H and O–H groups in total. The van der Waals surface area contributed by atoms with Crippen LogP contribution in [0.3, 0.4) is 0 Å². The average Bonchev–Trinajstić information content (AvgIpc) is 2.85. The summed E-state index contributed by atoms with van der Waals surface area (Å²) in [4.78, 5) is 36.4. The summed E-state index contributed by atoms with van der Waals surface area (Å²) in [5.74, 6) is -0.360. The molecule has 0 radical (unpaired) electrons. The molecule has 2 aliphatic rings. The van der Waals surface area contributed by atoms with Gasteiger partial charge in [0.05, 0.1) is 5.92 Å². The first kappa shape index (κ1) is 24.8. The molecule has 2 amide bonds. The van der Waals surface area contributed by atoms with E-state index >= 15 is 0 Å². The van der Waals surface area contributed by atoms with Crippen LogP contribution in [-0.2, 0) is 9.59 Å². The number of allylic oxidation sites excluding steroid dienone is 2. The van der Waals surface area contributed by atoms with Crippen molar-refractivity contribution in [3.8, 4) is 0 Å². The van der Waals surface area contributed by atoms with Crippen LogP contribution in [0, 0.1) is 18.8 Å². The Morgan fingerprint density at radius 3 is 2.55 bits per heavy atom. The number of amides is 2. The number of carbonyl (C=O) groups is 2. The molecule has 33 heavy (non-hydrogen) atoms. The van der Waals surface area contributed by atoms with Crippen LogP contribution in [0.25, 0.3) is 0 Å². The SMILES string of the molecule is C=N/C=C\C=C(\NC(=O)C1CCN(C2CCCCC2)CC1)C(C)C(=O)Nc1ccc(C)cn1. The smallest absolute Gasteiger partial charge is 0.234 e. The number of rotatable bonds is 8. The molecule has 2 heterocycles. The van der Waals surface area contributed by atoms with Crippen LogP contribution < -0.4 is 10.6 Å². The van der Waals surface area contributed by atoms with E-state index in [-0.39, 0.29) is 17.7 Å². The second kappa shape index (κ2) is 12.4. The number of hydrogen-bond donors (Lipinski definition) is 2. The summed E-state index contributed by atoms with van der Waals surface area (Å²) < 4.78 is 0. The van der Waals surface area contributed by atoms with Gasteiger partial charge in [-0.05, 0) is 83.1 Å². The van der Waals surface area contributed by atoms with Crippen LogP contribution in [-0.4, -0.2) is 47.5 Å². The molecular weight excluding hydrogens is 414 g/mol. The van der Waals surface area contributed by atoms with E-state index in [0.717, 1.165) is 31.5 Å². The summed E-state index contributed by atoms with van der Waals surface area (Å²) in [5, 5.41) is 5.85. The topological polar surface area (TPSA) is 86.7 Å². The Balaban J connectivity index is 1.59. The monoisotopic (exact) mass is 451 g/mol. The molecule has 178 valence electrons. The van der Waals surface area contributed by atoms with E-state index < -0.39 is 5.92 Å². The lowest BCUT2D eigenvalue weighted by Crippen LogP contribution is -2.45. The number of anilines is 1. The Morgan fingerprint density at radius 2 is 1.91 bits per heavy atom. The first-order valence-corrected chi connectivity index (χ1v) is 12.1. The number of aliphatic imine (C=N–C) groups is 1. The van der Waals surface area contributed by atoms with E-state index in [0.29, 0.717) is 17.6 Å². The number of pyridine rings is 1. The Kier molecular flexibility index (Phi) is 9.36. The third-order valence-corrected chi connectivity index (χ3v) is 6.75. The van der Waals surface area contributed by atoms with Crippen LogP contribution in [0.5, 0.6) is 0 Å². The number of piperidine rings is 1. The number of hydrogen-bond acceptors (Lipinski definition) is 5. The predicted octanol–water partition coefficient (Wildman–Crippen LogP) is 4.22. The molecule has 0 spiro atoms. The third kappa shape index (κ3) is 7.35. The zero-order valence-electron chi connectivity index (χ0n) is 19.9. The van der Waals surface area contributed by atoms with Crippen molar-refractivity contribution in [2.45, 2.75) is 64.8 Å². The van der Waals surface area contributed by atoms with Gasteiger partial charge in [-0.15, -0.1) is 0 Å². The van der Waals surface area contributed by atoms with Crippen molar-refractivity contribution in [1.29, 1.82) is 0 Å². The highest BCUT2D eigenvalue weighted by Crippen LogP contribution is 2.27. The molecule has 2 fully saturated rings. The molecule has 1 aliphatic carbocycles. The van der Waals surface area contributed by atoms with Gasteiger partial charge >= 0.3 is 0 Å². The van der Waals surface area contributed by atoms with Crippen molar-refractivity contribution in [2.24, 2.45) is 16.8 Å². The Labute approximate surface area is 197 Å². The quantitative estimate of drug-likeness (QED) is 0.458. The van der Waals surface area contributed by atoms with E-state index in [2.05, 4.69) is 32.2 Å². The van der Waals surface area contributed by atoms with Gasteiger partial charge < -0.3 is 15.5 Å². The molecule has 3 rings (SSSR count). The van der Waals surface area contributed by atoms with E-state index in [1.807, 2.05) is 13.0 Å². The molecule has 0 bridgehead atoms. The molecule has 7 heteroatoms. The average molecular weight is 452 g/mol. The van der Waals surface area contributed by atoms with Crippen LogP contribution in [0.1, 0.15) is 57.4 Å². The van der Waals surface area contributed by atoms with E-state index in [1.54, 1.807) is 31.3 Å². The third-order valence-electron chi connectivity index (χ3n) is 6.75. The fourth-order valence-electron chi connectivity index (χ4n) is 4.64. The largest absolute Gasteiger partial charge is 0.329 e. The summed E-state index contributed by atoms with van der Waals surface area (Å²) in [6.07, 6.45) is 14.9. The zero-order chi connectivity index (χ0) is 23.6. The molecule has 0 aromatic carbocycles. The van der Waals surface area contributed by atoms with Gasteiger partial charge in [0, 0.05) is 30.1 Å². The van der Waals surface area contributed by atoms with Gasteiger partial charge in [-0.1, -0.05) is 25.3 Å². The lowest BCUT2D eigenvalue weighted by Gasteiger charge is -2.39. The molecule has 1 aliphatic heterocycles. The number of likely N-dealkylation sites (tertiary alicyclic amines) is 1. The van der Waals surface area contributed by atoms with Gasteiger partial charge in [-0.2, -0.15) is 0 Å². The second-order valence-corrected chi connectivity index (χ2v) is 9.17. The fourth-order valence-corrected chi connectivity index (χ4v) is 4.64. The number of nitrogens with zero attached hydrogens (tertiary/aromatic N) is 3. The van der Waals surface area contributed by atoms with Gasteiger partial charge in [0.1, 0.15) is 5.82 Å². The first-order chi connectivity index (χ1) is 16.0. The summed E-state index contributed by atoms with van der Waals surface area (Å²) in [6.45, 7) is 9.09. The van der Waals surface area contributed by atoms with Crippen molar-refractivity contribution in [3.63, 3.8) is 0 Å². The lowest BCUT2D eigenvalue weighted by atomic mass is 9.89. The molecule has 7 nitrogen and oxygen atoms in total. The number of aromatic nitrogens is 1. The molecule has 1 aromatic rings. The number of aryl methyl sites for hydroxylation is 1. The van der Waals surface area contributed by atoms with Gasteiger partial charge in [-0.25, -0.2) is 4.98 Å². The summed E-state index contributed by atoms with van der Waals surface area (Å²) in [5.41, 5.74) is 1.56. The maximum atomic E-state index is 13.1. The molecule has 1 aromatic heterocycles. The van der Waals surface area contributed by atoms with Crippen molar-refractivity contribution in [3.05, 3.63) is 47.9 Å². The van der Waals surface area contributed by atoms with Gasteiger partial charge in [-0.3, -0.25) is 14.6 Å². The van der Waals surface area contributed by atoms with Crippen LogP contribution in [0.15, 0.2) is 47.4 Å². The minimum absolute atomic E-state index is 0.0161. The maximum absolute atomic E-state index is 13.1. The highest BCUT2D eigenvalue weighted by molar-refractivity contribution is 5.94. The van der Waals surface area contributed by atoms with Crippen LogP contribution in [0.4, 0.5) is 5.82 Å². The minimum Gasteiger partial charge on any atom is -0.329 e. The second-order valence-electron chi connectivity index (χ2n) is 9.17. The standard InChI is InChI=1S/C26H37N5O2/c1-19-11-12-24(28-18-19)30-25(32)20(2)23(10-7-15-27-3)29-26(33)21-13-16-31(17-14-21)22-8-5-4-6-9-22/h7,10-12,15,18,20-22H,3-6,8-9,13-14,16-17H2,1-2H3,(H,29,33)(H,28,30,32)/b15-7-,23-10+. The van der Waals surface area contributed by atoms with Gasteiger partial charge in [0.25, 0.3) is 0 Å². The van der Waals surface area contributed by atoms with E-state index in [4.69, 9.17) is 0 Å². The van der Waals surface area contributed by atoms with Crippen molar-refractivity contribution in [1.82, 2.24) is 15.2 Å².